The molecule has 0 spiro atoms. The standard InChI is InChI=1S/C14H10ClF2NO2S/c15-12-8-11(3-4-13(12)17)21(19,20)18-6-5-9-1-2-10(16)7-14(9)18/h1-4,7-8H,5-6H2. The summed E-state index contributed by atoms with van der Waals surface area (Å²) in [6.45, 7) is 0.218. The smallest absolute Gasteiger partial charge is 0.264 e. The van der Waals surface area contributed by atoms with Gasteiger partial charge in [0, 0.05) is 6.54 Å². The number of nitrogens with zero attached hydrogens (tertiary/aromatic N) is 1. The van der Waals surface area contributed by atoms with Crippen LogP contribution in [0.5, 0.6) is 0 Å². The molecule has 0 amide bonds. The van der Waals surface area contributed by atoms with Gasteiger partial charge in [-0.15, -0.1) is 0 Å². The Kier molecular flexibility index (Phi) is 3.37. The van der Waals surface area contributed by atoms with E-state index in [1.54, 1.807) is 6.07 Å². The van der Waals surface area contributed by atoms with E-state index in [1.807, 2.05) is 0 Å². The van der Waals surface area contributed by atoms with Crippen LogP contribution in [0.1, 0.15) is 5.56 Å². The summed E-state index contributed by atoms with van der Waals surface area (Å²) in [5, 5.41) is -0.269. The second kappa shape index (κ2) is 4.96. The molecule has 0 atom stereocenters. The van der Waals surface area contributed by atoms with Crippen molar-refractivity contribution >= 4 is 27.3 Å². The monoisotopic (exact) mass is 329 g/mol. The summed E-state index contributed by atoms with van der Waals surface area (Å²) in [6.07, 6.45) is 0.504. The zero-order valence-corrected chi connectivity index (χ0v) is 12.3. The maximum Gasteiger partial charge on any atom is 0.264 e. The molecule has 0 unspecified atom stereocenters. The fourth-order valence-corrected chi connectivity index (χ4v) is 4.10. The fraction of sp³-hybridized carbons (Fsp3) is 0.143. The molecule has 7 heteroatoms. The van der Waals surface area contributed by atoms with Crippen molar-refractivity contribution in [3.63, 3.8) is 0 Å². The van der Waals surface area contributed by atoms with Gasteiger partial charge >= 0.3 is 0 Å². The molecule has 1 aliphatic heterocycles. The molecule has 0 radical (unpaired) electrons. The summed E-state index contributed by atoms with van der Waals surface area (Å²) >= 11 is 5.63. The van der Waals surface area contributed by atoms with Crippen LogP contribution in [0.15, 0.2) is 41.3 Å². The largest absolute Gasteiger partial charge is 0.266 e. The van der Waals surface area contributed by atoms with Crippen LogP contribution in [0.3, 0.4) is 0 Å². The van der Waals surface area contributed by atoms with E-state index in [0.717, 1.165) is 28.1 Å². The normalized spacial score (nSPS) is 14.3. The molecule has 3 nitrogen and oxygen atoms in total. The molecule has 0 N–H and O–H groups in total. The van der Waals surface area contributed by atoms with Crippen LogP contribution in [0, 0.1) is 11.6 Å². The Labute approximate surface area is 125 Å². The molecule has 0 aliphatic carbocycles. The second-order valence-electron chi connectivity index (χ2n) is 4.68. The Morgan fingerprint density at radius 2 is 1.86 bits per heavy atom. The number of hydrogen-bond donors (Lipinski definition) is 0. The minimum atomic E-state index is -3.89. The van der Waals surface area contributed by atoms with E-state index in [9.17, 15) is 17.2 Å². The van der Waals surface area contributed by atoms with Crippen LogP contribution in [0.4, 0.5) is 14.5 Å². The molecule has 0 bridgehead atoms. The first-order valence-corrected chi connectivity index (χ1v) is 7.97. The van der Waals surface area contributed by atoms with Crippen LogP contribution in [0.2, 0.25) is 5.02 Å². The van der Waals surface area contributed by atoms with Crippen molar-refractivity contribution in [3.8, 4) is 0 Å². The quantitative estimate of drug-likeness (QED) is 0.847. The molecule has 2 aromatic rings. The summed E-state index contributed by atoms with van der Waals surface area (Å²) in [6, 6.07) is 7.25. The van der Waals surface area contributed by atoms with E-state index in [4.69, 9.17) is 11.6 Å². The number of benzene rings is 2. The highest BCUT2D eigenvalue weighted by Gasteiger charge is 2.31. The van der Waals surface area contributed by atoms with E-state index >= 15 is 0 Å². The van der Waals surface area contributed by atoms with Gasteiger partial charge in [-0.2, -0.15) is 0 Å². The Balaban J connectivity index is 2.09. The Hall–Kier alpha value is -1.66. The third kappa shape index (κ3) is 2.38. The van der Waals surface area contributed by atoms with Crippen LogP contribution in [-0.2, 0) is 16.4 Å². The molecule has 0 fully saturated rings. The van der Waals surface area contributed by atoms with E-state index in [-0.39, 0.29) is 16.5 Å². The lowest BCUT2D eigenvalue weighted by molar-refractivity contribution is 0.591. The Morgan fingerprint density at radius 3 is 2.57 bits per heavy atom. The summed E-state index contributed by atoms with van der Waals surface area (Å²) in [4.78, 5) is -0.119. The van der Waals surface area contributed by atoms with Gasteiger partial charge in [0.1, 0.15) is 11.6 Å². The molecule has 3 rings (SSSR count). The Bertz CT molecular complexity index is 824. The molecule has 0 saturated carbocycles. The highest BCUT2D eigenvalue weighted by atomic mass is 35.5. The van der Waals surface area contributed by atoms with E-state index in [2.05, 4.69) is 0 Å². The SMILES string of the molecule is O=S(=O)(c1ccc(F)c(Cl)c1)N1CCc2ccc(F)cc21. The highest BCUT2D eigenvalue weighted by molar-refractivity contribution is 7.92. The van der Waals surface area contributed by atoms with E-state index in [1.165, 1.54) is 12.1 Å². The van der Waals surface area contributed by atoms with Crippen LogP contribution in [0.25, 0.3) is 0 Å². The number of rotatable bonds is 2. The molecule has 0 aromatic heterocycles. The van der Waals surface area contributed by atoms with Crippen molar-refractivity contribution in [2.45, 2.75) is 11.3 Å². The maximum atomic E-state index is 13.4. The summed E-state index contributed by atoms with van der Waals surface area (Å²) in [5.41, 5.74) is 1.07. The number of sulfonamides is 1. The molecule has 2 aromatic carbocycles. The third-order valence-electron chi connectivity index (χ3n) is 3.38. The van der Waals surface area contributed by atoms with Gasteiger partial charge in [0.25, 0.3) is 10.0 Å². The average Bonchev–Trinajstić information content (AvgIpc) is 2.85. The predicted octanol–water partition coefficient (Wildman–Crippen LogP) is 3.37. The van der Waals surface area contributed by atoms with Crippen molar-refractivity contribution in [1.29, 1.82) is 0 Å². The topological polar surface area (TPSA) is 37.4 Å². The number of fused-ring (bicyclic) bond motifs is 1. The van der Waals surface area contributed by atoms with Crippen LogP contribution >= 0.6 is 11.6 Å². The molecule has 21 heavy (non-hydrogen) atoms. The van der Waals surface area contributed by atoms with Crippen molar-refractivity contribution in [2.24, 2.45) is 0 Å². The van der Waals surface area contributed by atoms with Gasteiger partial charge in [-0.25, -0.2) is 17.2 Å². The van der Waals surface area contributed by atoms with Gasteiger partial charge in [0.2, 0.25) is 0 Å². The van der Waals surface area contributed by atoms with Crippen LogP contribution in [-0.4, -0.2) is 15.0 Å². The molecule has 110 valence electrons. The van der Waals surface area contributed by atoms with Crippen molar-refractivity contribution in [3.05, 3.63) is 58.6 Å². The molecule has 1 aliphatic rings. The maximum absolute atomic E-state index is 13.4. The first-order valence-electron chi connectivity index (χ1n) is 6.16. The summed E-state index contributed by atoms with van der Waals surface area (Å²) < 4.78 is 52.8. The van der Waals surface area contributed by atoms with Gasteiger partial charge in [-0.1, -0.05) is 17.7 Å². The zero-order chi connectivity index (χ0) is 15.2. The highest BCUT2D eigenvalue weighted by Crippen LogP contribution is 2.34. The third-order valence-corrected chi connectivity index (χ3v) is 5.48. The first-order chi connectivity index (χ1) is 9.89. The summed E-state index contributed by atoms with van der Waals surface area (Å²) in [7, 11) is -3.89. The fourth-order valence-electron chi connectivity index (χ4n) is 2.34. The molecular weight excluding hydrogens is 320 g/mol. The minimum absolute atomic E-state index is 0.119. The lowest BCUT2D eigenvalue weighted by atomic mass is 10.2. The van der Waals surface area contributed by atoms with Gasteiger partial charge in [-0.05, 0) is 42.3 Å². The van der Waals surface area contributed by atoms with Gasteiger partial charge in [0.05, 0.1) is 15.6 Å². The molecule has 0 saturated heterocycles. The van der Waals surface area contributed by atoms with Gasteiger partial charge in [-0.3, -0.25) is 4.31 Å². The van der Waals surface area contributed by atoms with Crippen molar-refractivity contribution in [1.82, 2.24) is 0 Å². The minimum Gasteiger partial charge on any atom is -0.266 e. The Morgan fingerprint density at radius 1 is 1.10 bits per heavy atom. The molecular formula is C14H10ClF2NO2S. The predicted molar refractivity (Wildman–Crippen MR) is 76.0 cm³/mol. The van der Waals surface area contributed by atoms with Crippen molar-refractivity contribution in [2.75, 3.05) is 10.8 Å². The van der Waals surface area contributed by atoms with Gasteiger partial charge < -0.3 is 0 Å². The number of hydrogen-bond acceptors (Lipinski definition) is 2. The molecule has 1 heterocycles. The van der Waals surface area contributed by atoms with E-state index in [0.29, 0.717) is 12.1 Å². The van der Waals surface area contributed by atoms with Crippen molar-refractivity contribution < 1.29 is 17.2 Å². The lowest BCUT2D eigenvalue weighted by Crippen LogP contribution is -2.29. The lowest BCUT2D eigenvalue weighted by Gasteiger charge is -2.19. The van der Waals surface area contributed by atoms with Crippen LogP contribution < -0.4 is 4.31 Å². The number of halogens is 3. The zero-order valence-electron chi connectivity index (χ0n) is 10.7. The van der Waals surface area contributed by atoms with Gasteiger partial charge in [0.15, 0.2) is 0 Å². The van der Waals surface area contributed by atoms with E-state index < -0.39 is 21.7 Å². The first kappa shape index (κ1) is 14.3. The number of anilines is 1. The average molecular weight is 330 g/mol. The second-order valence-corrected chi connectivity index (χ2v) is 6.95. The summed E-state index contributed by atoms with van der Waals surface area (Å²) in [5.74, 6) is -1.20.